The lowest BCUT2D eigenvalue weighted by atomic mass is 9.99. The molecule has 0 spiro atoms. The Morgan fingerprint density at radius 3 is 2.90 bits per heavy atom. The van der Waals surface area contributed by atoms with Crippen molar-refractivity contribution in [1.29, 1.82) is 0 Å². The van der Waals surface area contributed by atoms with Crippen molar-refractivity contribution >= 4 is 16.7 Å². The van der Waals surface area contributed by atoms with Crippen molar-refractivity contribution < 1.29 is 9.53 Å². The molecular formula is C17H20N2O2. The smallest absolute Gasteiger partial charge is 0.231 e. The molecule has 4 heteroatoms. The van der Waals surface area contributed by atoms with E-state index in [0.717, 1.165) is 19.5 Å². The maximum Gasteiger partial charge on any atom is 0.231 e. The number of nitrogens with zero attached hydrogens (tertiary/aromatic N) is 1. The minimum absolute atomic E-state index is 0.115. The first-order chi connectivity index (χ1) is 10.2. The lowest BCUT2D eigenvalue weighted by molar-refractivity contribution is -0.121. The molecule has 3 rings (SSSR count). The minimum Gasteiger partial charge on any atom is -0.375 e. The number of carbonyl (C=O) groups excluding carboxylic acids is 1. The SMILES string of the molecule is NC(=O)CN1CCO[C@H](Cc2cccc3ccccc23)C1. The van der Waals surface area contributed by atoms with Gasteiger partial charge in [0.1, 0.15) is 0 Å². The Hall–Kier alpha value is -1.91. The van der Waals surface area contributed by atoms with E-state index in [1.165, 1.54) is 16.3 Å². The van der Waals surface area contributed by atoms with Crippen LogP contribution in [0, 0.1) is 0 Å². The summed E-state index contributed by atoms with van der Waals surface area (Å²) < 4.78 is 5.85. The fourth-order valence-corrected chi connectivity index (χ4v) is 2.98. The van der Waals surface area contributed by atoms with E-state index in [4.69, 9.17) is 10.5 Å². The molecule has 1 amide bonds. The average Bonchev–Trinajstić information content (AvgIpc) is 2.47. The quantitative estimate of drug-likeness (QED) is 0.927. The highest BCUT2D eigenvalue weighted by Gasteiger charge is 2.22. The van der Waals surface area contributed by atoms with Crippen molar-refractivity contribution in [1.82, 2.24) is 4.90 Å². The van der Waals surface area contributed by atoms with E-state index in [1.807, 2.05) is 0 Å². The molecule has 0 bridgehead atoms. The van der Waals surface area contributed by atoms with Crippen LogP contribution in [0.15, 0.2) is 42.5 Å². The Morgan fingerprint density at radius 1 is 1.24 bits per heavy atom. The van der Waals surface area contributed by atoms with Gasteiger partial charge in [-0.1, -0.05) is 42.5 Å². The third-order valence-electron chi connectivity index (χ3n) is 3.93. The zero-order valence-electron chi connectivity index (χ0n) is 12.0. The molecular weight excluding hydrogens is 264 g/mol. The molecule has 1 saturated heterocycles. The van der Waals surface area contributed by atoms with E-state index < -0.39 is 0 Å². The zero-order chi connectivity index (χ0) is 14.7. The van der Waals surface area contributed by atoms with E-state index in [9.17, 15) is 4.79 Å². The van der Waals surface area contributed by atoms with Gasteiger partial charge in [-0.3, -0.25) is 9.69 Å². The van der Waals surface area contributed by atoms with Crippen molar-refractivity contribution in [3.63, 3.8) is 0 Å². The van der Waals surface area contributed by atoms with E-state index in [-0.39, 0.29) is 12.0 Å². The van der Waals surface area contributed by atoms with Crippen LogP contribution in [-0.4, -0.2) is 43.2 Å². The van der Waals surface area contributed by atoms with Gasteiger partial charge in [-0.2, -0.15) is 0 Å². The van der Waals surface area contributed by atoms with Gasteiger partial charge in [-0.15, -0.1) is 0 Å². The van der Waals surface area contributed by atoms with Crippen molar-refractivity contribution in [2.24, 2.45) is 5.73 Å². The number of hydrogen-bond acceptors (Lipinski definition) is 3. The number of fused-ring (bicyclic) bond motifs is 1. The first-order valence-electron chi connectivity index (χ1n) is 7.31. The first kappa shape index (κ1) is 14.0. The Kier molecular flexibility index (Phi) is 4.18. The van der Waals surface area contributed by atoms with Gasteiger partial charge in [-0.25, -0.2) is 0 Å². The van der Waals surface area contributed by atoms with Gasteiger partial charge in [0.2, 0.25) is 5.91 Å². The second kappa shape index (κ2) is 6.24. The third kappa shape index (κ3) is 3.40. The molecule has 4 nitrogen and oxygen atoms in total. The van der Waals surface area contributed by atoms with Crippen molar-refractivity contribution in [3.8, 4) is 0 Å². The molecule has 1 atom stereocenters. The lowest BCUT2D eigenvalue weighted by Gasteiger charge is -2.32. The Labute approximate surface area is 124 Å². The molecule has 21 heavy (non-hydrogen) atoms. The molecule has 0 radical (unpaired) electrons. The number of hydrogen-bond donors (Lipinski definition) is 1. The van der Waals surface area contributed by atoms with E-state index in [0.29, 0.717) is 13.2 Å². The molecule has 2 N–H and O–H groups in total. The maximum atomic E-state index is 11.0. The van der Waals surface area contributed by atoms with Gasteiger partial charge >= 0.3 is 0 Å². The van der Waals surface area contributed by atoms with Gasteiger partial charge in [0.25, 0.3) is 0 Å². The molecule has 1 aliphatic heterocycles. The zero-order valence-corrected chi connectivity index (χ0v) is 12.0. The van der Waals surface area contributed by atoms with Gasteiger partial charge in [0.15, 0.2) is 0 Å². The summed E-state index contributed by atoms with van der Waals surface area (Å²) in [5, 5.41) is 2.52. The van der Waals surface area contributed by atoms with E-state index in [1.54, 1.807) is 0 Å². The predicted octanol–water partition coefficient (Wildman–Crippen LogP) is 1.57. The normalized spacial score (nSPS) is 19.7. The molecule has 1 heterocycles. The van der Waals surface area contributed by atoms with Crippen molar-refractivity contribution in [2.75, 3.05) is 26.2 Å². The van der Waals surface area contributed by atoms with Crippen molar-refractivity contribution in [2.45, 2.75) is 12.5 Å². The molecule has 0 saturated carbocycles. The Balaban J connectivity index is 1.74. The molecule has 1 fully saturated rings. The number of ether oxygens (including phenoxy) is 1. The summed E-state index contributed by atoms with van der Waals surface area (Å²) in [5.74, 6) is -0.277. The van der Waals surface area contributed by atoms with Crippen LogP contribution in [0.25, 0.3) is 10.8 Å². The van der Waals surface area contributed by atoms with Crippen LogP contribution in [0.4, 0.5) is 0 Å². The number of primary amides is 1. The highest BCUT2D eigenvalue weighted by atomic mass is 16.5. The Morgan fingerprint density at radius 2 is 2.05 bits per heavy atom. The van der Waals surface area contributed by atoms with Crippen LogP contribution in [0.5, 0.6) is 0 Å². The standard InChI is InChI=1S/C17H20N2O2/c18-17(20)12-19-8-9-21-15(11-19)10-14-6-3-5-13-4-1-2-7-16(13)14/h1-7,15H,8-12H2,(H2,18,20)/t15-/m1/s1. The maximum absolute atomic E-state index is 11.0. The van der Waals surface area contributed by atoms with Gasteiger partial charge in [0, 0.05) is 19.5 Å². The predicted molar refractivity (Wildman–Crippen MR) is 83.0 cm³/mol. The summed E-state index contributed by atoms with van der Waals surface area (Å²) in [6.07, 6.45) is 0.972. The summed E-state index contributed by atoms with van der Waals surface area (Å²) in [5.41, 5.74) is 6.57. The number of benzene rings is 2. The minimum atomic E-state index is -0.277. The summed E-state index contributed by atoms with van der Waals surface area (Å²) in [6.45, 7) is 2.50. The topological polar surface area (TPSA) is 55.6 Å². The van der Waals surface area contributed by atoms with Gasteiger partial charge in [-0.05, 0) is 16.3 Å². The highest BCUT2D eigenvalue weighted by Crippen LogP contribution is 2.21. The van der Waals surface area contributed by atoms with Crippen molar-refractivity contribution in [3.05, 3.63) is 48.0 Å². The number of amides is 1. The summed E-state index contributed by atoms with van der Waals surface area (Å²) in [4.78, 5) is 13.1. The monoisotopic (exact) mass is 284 g/mol. The third-order valence-corrected chi connectivity index (χ3v) is 3.93. The molecule has 0 aromatic heterocycles. The molecule has 1 aliphatic rings. The number of nitrogens with two attached hydrogens (primary N) is 1. The molecule has 110 valence electrons. The number of morpholine rings is 1. The van der Waals surface area contributed by atoms with Crippen LogP contribution in [0.2, 0.25) is 0 Å². The van der Waals surface area contributed by atoms with Crippen LogP contribution < -0.4 is 5.73 Å². The van der Waals surface area contributed by atoms with Crippen LogP contribution in [0.3, 0.4) is 0 Å². The fraction of sp³-hybridized carbons (Fsp3) is 0.353. The number of carbonyl (C=O) groups is 1. The second-order valence-electron chi connectivity index (χ2n) is 5.54. The van der Waals surface area contributed by atoms with E-state index in [2.05, 4.69) is 47.4 Å². The number of rotatable bonds is 4. The molecule has 0 unspecified atom stereocenters. The Bertz CT molecular complexity index is 636. The van der Waals surface area contributed by atoms with Crippen LogP contribution in [0.1, 0.15) is 5.56 Å². The van der Waals surface area contributed by atoms with Crippen LogP contribution >= 0.6 is 0 Å². The fourth-order valence-electron chi connectivity index (χ4n) is 2.98. The van der Waals surface area contributed by atoms with Crippen LogP contribution in [-0.2, 0) is 16.0 Å². The summed E-state index contributed by atoms with van der Waals surface area (Å²) >= 11 is 0. The molecule has 0 aliphatic carbocycles. The first-order valence-corrected chi connectivity index (χ1v) is 7.31. The lowest BCUT2D eigenvalue weighted by Crippen LogP contribution is -2.46. The summed E-state index contributed by atoms with van der Waals surface area (Å²) in [6, 6.07) is 14.7. The summed E-state index contributed by atoms with van der Waals surface area (Å²) in [7, 11) is 0. The van der Waals surface area contributed by atoms with E-state index >= 15 is 0 Å². The average molecular weight is 284 g/mol. The van der Waals surface area contributed by atoms with Gasteiger partial charge in [0.05, 0.1) is 19.3 Å². The second-order valence-corrected chi connectivity index (χ2v) is 5.54. The van der Waals surface area contributed by atoms with Gasteiger partial charge < -0.3 is 10.5 Å². The molecule has 2 aromatic rings. The largest absolute Gasteiger partial charge is 0.375 e. The highest BCUT2D eigenvalue weighted by molar-refractivity contribution is 5.85. The molecule has 2 aromatic carbocycles.